The number of methoxy groups -OCH3 is 1. The Morgan fingerprint density at radius 2 is 1.68 bits per heavy atom. The molecule has 1 N–H and O–H groups in total. The lowest BCUT2D eigenvalue weighted by Gasteiger charge is -2.08. The summed E-state index contributed by atoms with van der Waals surface area (Å²) < 4.78 is 16.3. The van der Waals surface area contributed by atoms with Crippen molar-refractivity contribution in [3.8, 4) is 34.3 Å². The molecule has 7 heteroatoms. The van der Waals surface area contributed by atoms with Crippen molar-refractivity contribution in [2.45, 2.75) is 6.54 Å². The molecule has 0 aliphatic rings. The fraction of sp³-hybridized carbons (Fsp3) is 0.125. The molecule has 0 bridgehead atoms. The fourth-order valence-corrected chi connectivity index (χ4v) is 2.94. The van der Waals surface area contributed by atoms with Gasteiger partial charge in [0.25, 0.3) is 11.8 Å². The van der Waals surface area contributed by atoms with Gasteiger partial charge < -0.3 is 19.3 Å². The van der Waals surface area contributed by atoms with Crippen LogP contribution in [0.25, 0.3) is 22.8 Å². The van der Waals surface area contributed by atoms with Crippen LogP contribution in [-0.2, 0) is 11.3 Å². The van der Waals surface area contributed by atoms with Gasteiger partial charge in [-0.05, 0) is 35.9 Å². The number of hydrogen-bond donors (Lipinski definition) is 1. The van der Waals surface area contributed by atoms with Crippen molar-refractivity contribution in [3.63, 3.8) is 0 Å². The Balaban J connectivity index is 1.38. The van der Waals surface area contributed by atoms with E-state index < -0.39 is 0 Å². The topological polar surface area (TPSA) is 86.5 Å². The lowest BCUT2D eigenvalue weighted by Crippen LogP contribution is -2.28. The van der Waals surface area contributed by atoms with Gasteiger partial charge in [0.05, 0.1) is 7.11 Å². The van der Waals surface area contributed by atoms with Crippen molar-refractivity contribution in [1.29, 1.82) is 0 Å². The van der Waals surface area contributed by atoms with Gasteiger partial charge in [0.15, 0.2) is 6.61 Å². The van der Waals surface area contributed by atoms with Gasteiger partial charge in [-0.1, -0.05) is 53.7 Å². The predicted octanol–water partition coefficient (Wildman–Crippen LogP) is 4.11. The Labute approximate surface area is 179 Å². The summed E-state index contributed by atoms with van der Waals surface area (Å²) in [5.41, 5.74) is 2.52. The third-order valence-corrected chi connectivity index (χ3v) is 4.54. The van der Waals surface area contributed by atoms with E-state index in [9.17, 15) is 4.79 Å². The number of hydrogen-bond acceptors (Lipinski definition) is 6. The summed E-state index contributed by atoms with van der Waals surface area (Å²) >= 11 is 0. The molecule has 3 aromatic carbocycles. The molecule has 156 valence electrons. The number of benzene rings is 3. The molecule has 0 unspecified atom stereocenters. The Morgan fingerprint density at radius 3 is 2.48 bits per heavy atom. The first kappa shape index (κ1) is 20.2. The van der Waals surface area contributed by atoms with Crippen LogP contribution in [-0.4, -0.2) is 29.8 Å². The minimum atomic E-state index is -0.200. The highest BCUT2D eigenvalue weighted by Gasteiger charge is 2.12. The molecule has 4 aromatic rings. The molecule has 0 atom stereocenters. The van der Waals surface area contributed by atoms with Crippen LogP contribution in [0.1, 0.15) is 5.56 Å². The molecule has 1 heterocycles. The van der Waals surface area contributed by atoms with E-state index in [-0.39, 0.29) is 12.5 Å². The maximum atomic E-state index is 12.1. The van der Waals surface area contributed by atoms with Gasteiger partial charge in [0, 0.05) is 17.7 Å². The summed E-state index contributed by atoms with van der Waals surface area (Å²) in [7, 11) is 1.60. The van der Waals surface area contributed by atoms with Crippen LogP contribution in [0.4, 0.5) is 0 Å². The van der Waals surface area contributed by atoms with Gasteiger partial charge >= 0.3 is 0 Å². The third-order valence-electron chi connectivity index (χ3n) is 4.54. The molecule has 0 radical (unpaired) electrons. The Morgan fingerprint density at radius 1 is 0.935 bits per heavy atom. The fourth-order valence-electron chi connectivity index (χ4n) is 2.94. The molecule has 0 aliphatic heterocycles. The van der Waals surface area contributed by atoms with E-state index in [0.29, 0.717) is 29.8 Å². The minimum absolute atomic E-state index is 0.0857. The molecular formula is C24H21N3O4. The number of carbonyl (C=O) groups excluding carboxylic acids is 1. The Bertz CT molecular complexity index is 1160. The normalized spacial score (nSPS) is 10.5. The van der Waals surface area contributed by atoms with Crippen LogP contribution < -0.4 is 14.8 Å². The van der Waals surface area contributed by atoms with Crippen molar-refractivity contribution >= 4 is 5.91 Å². The molecule has 0 saturated heterocycles. The van der Waals surface area contributed by atoms with E-state index in [0.717, 1.165) is 16.7 Å². The summed E-state index contributed by atoms with van der Waals surface area (Å²) in [6.07, 6.45) is 0. The van der Waals surface area contributed by atoms with Crippen molar-refractivity contribution in [2.75, 3.05) is 13.7 Å². The van der Waals surface area contributed by atoms with Gasteiger partial charge in [-0.3, -0.25) is 4.79 Å². The van der Waals surface area contributed by atoms with Crippen LogP contribution in [0, 0.1) is 0 Å². The minimum Gasteiger partial charge on any atom is -0.497 e. The molecule has 4 rings (SSSR count). The van der Waals surface area contributed by atoms with Gasteiger partial charge in [-0.15, -0.1) is 0 Å². The zero-order valence-electron chi connectivity index (χ0n) is 16.9. The first-order valence-corrected chi connectivity index (χ1v) is 9.73. The van der Waals surface area contributed by atoms with Crippen molar-refractivity contribution in [1.82, 2.24) is 15.5 Å². The second kappa shape index (κ2) is 9.58. The van der Waals surface area contributed by atoms with Crippen molar-refractivity contribution in [3.05, 3.63) is 84.4 Å². The molecule has 7 nitrogen and oxygen atoms in total. The molecule has 0 spiro atoms. The molecule has 31 heavy (non-hydrogen) atoms. The summed E-state index contributed by atoms with van der Waals surface area (Å²) in [6.45, 7) is 0.372. The lowest BCUT2D eigenvalue weighted by molar-refractivity contribution is -0.123. The van der Waals surface area contributed by atoms with Crippen LogP contribution in [0.3, 0.4) is 0 Å². The van der Waals surface area contributed by atoms with E-state index in [1.54, 1.807) is 19.2 Å². The average Bonchev–Trinajstić information content (AvgIpc) is 3.33. The lowest BCUT2D eigenvalue weighted by atomic mass is 10.2. The highest BCUT2D eigenvalue weighted by molar-refractivity contribution is 5.77. The van der Waals surface area contributed by atoms with Gasteiger partial charge in [-0.2, -0.15) is 4.98 Å². The van der Waals surface area contributed by atoms with Crippen LogP contribution >= 0.6 is 0 Å². The second-order valence-corrected chi connectivity index (χ2v) is 6.73. The number of ether oxygens (including phenoxy) is 2. The maximum Gasteiger partial charge on any atom is 0.258 e. The van der Waals surface area contributed by atoms with E-state index in [1.807, 2.05) is 66.7 Å². The first-order valence-electron chi connectivity index (χ1n) is 9.73. The Hall–Kier alpha value is -4.13. The van der Waals surface area contributed by atoms with E-state index in [1.165, 1.54) is 0 Å². The number of aromatic nitrogens is 2. The SMILES string of the molecule is COc1cccc(-c2nc(-c3cccc(OCC(=O)NCc4ccccc4)c3)no2)c1. The van der Waals surface area contributed by atoms with Gasteiger partial charge in [-0.25, -0.2) is 0 Å². The van der Waals surface area contributed by atoms with E-state index in [2.05, 4.69) is 15.5 Å². The Kier molecular flexibility index (Phi) is 6.23. The quantitative estimate of drug-likeness (QED) is 0.466. The van der Waals surface area contributed by atoms with Crippen LogP contribution in [0.2, 0.25) is 0 Å². The number of amides is 1. The molecule has 1 aromatic heterocycles. The monoisotopic (exact) mass is 415 g/mol. The molecule has 0 fully saturated rings. The van der Waals surface area contributed by atoms with Gasteiger partial charge in [0.2, 0.25) is 5.82 Å². The number of rotatable bonds is 8. The number of nitrogens with one attached hydrogen (secondary N) is 1. The summed E-state index contributed by atoms with van der Waals surface area (Å²) in [6, 6.07) is 24.3. The predicted molar refractivity (Wildman–Crippen MR) is 116 cm³/mol. The molecule has 0 saturated carbocycles. The first-order chi connectivity index (χ1) is 15.2. The summed E-state index contributed by atoms with van der Waals surface area (Å²) in [4.78, 5) is 16.5. The van der Waals surface area contributed by atoms with Crippen molar-refractivity contribution < 1.29 is 18.8 Å². The standard InChI is InChI=1S/C24H21N3O4/c1-29-20-11-6-10-19(14-20)24-26-23(27-31-24)18-9-5-12-21(13-18)30-16-22(28)25-15-17-7-3-2-4-8-17/h2-14H,15-16H2,1H3,(H,25,28). The van der Waals surface area contributed by atoms with Crippen LogP contribution in [0.5, 0.6) is 11.5 Å². The van der Waals surface area contributed by atoms with E-state index >= 15 is 0 Å². The number of carbonyl (C=O) groups is 1. The highest BCUT2D eigenvalue weighted by Crippen LogP contribution is 2.26. The summed E-state index contributed by atoms with van der Waals surface area (Å²) in [5.74, 6) is 1.87. The zero-order valence-corrected chi connectivity index (χ0v) is 16.9. The second-order valence-electron chi connectivity index (χ2n) is 6.73. The van der Waals surface area contributed by atoms with Crippen molar-refractivity contribution in [2.24, 2.45) is 0 Å². The van der Waals surface area contributed by atoms with Gasteiger partial charge in [0.1, 0.15) is 11.5 Å². The highest BCUT2D eigenvalue weighted by atomic mass is 16.5. The molecule has 0 aliphatic carbocycles. The largest absolute Gasteiger partial charge is 0.497 e. The third kappa shape index (κ3) is 5.27. The van der Waals surface area contributed by atoms with E-state index in [4.69, 9.17) is 14.0 Å². The maximum absolute atomic E-state index is 12.1. The summed E-state index contributed by atoms with van der Waals surface area (Å²) in [5, 5.41) is 6.89. The molecular weight excluding hydrogens is 394 g/mol. The number of nitrogens with zero attached hydrogens (tertiary/aromatic N) is 2. The molecule has 1 amide bonds. The smallest absolute Gasteiger partial charge is 0.258 e. The zero-order chi connectivity index (χ0) is 21.5. The average molecular weight is 415 g/mol. The van der Waals surface area contributed by atoms with Crippen LogP contribution in [0.15, 0.2) is 83.4 Å².